The lowest BCUT2D eigenvalue weighted by Gasteiger charge is -2.23. The van der Waals surface area contributed by atoms with Gasteiger partial charge in [0.15, 0.2) is 0 Å². The standard InChI is InChI=1S/C20H20ClF3N4O/c1-27-16(11-14-10-15(21)12-26-18(14)27)6-3-2-4-9-28(19(29)20(22,23)24)17-7-5-8-25-13-17/h5,7-8,10-13H,2-4,6,9H2,1H3. The van der Waals surface area contributed by atoms with E-state index in [1.54, 1.807) is 6.20 Å². The summed E-state index contributed by atoms with van der Waals surface area (Å²) < 4.78 is 40.8. The van der Waals surface area contributed by atoms with Crippen molar-refractivity contribution in [2.75, 3.05) is 11.4 Å². The lowest BCUT2D eigenvalue weighted by Crippen LogP contribution is -2.41. The van der Waals surface area contributed by atoms with Gasteiger partial charge < -0.3 is 9.47 Å². The SMILES string of the molecule is Cn1c(CCCCCN(C(=O)C(F)(F)F)c2cccnc2)cc2cc(Cl)cnc21. The van der Waals surface area contributed by atoms with Crippen LogP contribution in [0.4, 0.5) is 18.9 Å². The molecule has 0 aliphatic carbocycles. The third kappa shape index (κ3) is 5.06. The second-order valence-corrected chi connectivity index (χ2v) is 7.17. The molecule has 3 aromatic rings. The number of halogens is 4. The molecule has 3 aromatic heterocycles. The molecular weight excluding hydrogens is 405 g/mol. The summed E-state index contributed by atoms with van der Waals surface area (Å²) in [6, 6.07) is 6.82. The first-order chi connectivity index (χ1) is 13.8. The van der Waals surface area contributed by atoms with E-state index in [-0.39, 0.29) is 12.2 Å². The van der Waals surface area contributed by atoms with Crippen LogP contribution in [0.2, 0.25) is 5.02 Å². The van der Waals surface area contributed by atoms with E-state index in [1.807, 2.05) is 23.7 Å². The van der Waals surface area contributed by atoms with Crippen LogP contribution in [0.1, 0.15) is 25.0 Å². The monoisotopic (exact) mass is 424 g/mol. The Labute approximate surface area is 171 Å². The third-order valence-electron chi connectivity index (χ3n) is 4.69. The highest BCUT2D eigenvalue weighted by atomic mass is 35.5. The Morgan fingerprint density at radius 3 is 2.69 bits per heavy atom. The van der Waals surface area contributed by atoms with Crippen LogP contribution in [0.5, 0.6) is 0 Å². The number of hydrogen-bond acceptors (Lipinski definition) is 3. The highest BCUT2D eigenvalue weighted by molar-refractivity contribution is 6.31. The van der Waals surface area contributed by atoms with Gasteiger partial charge in [-0.05, 0) is 43.5 Å². The summed E-state index contributed by atoms with van der Waals surface area (Å²) >= 11 is 5.98. The maximum absolute atomic E-state index is 12.9. The van der Waals surface area contributed by atoms with Gasteiger partial charge in [-0.15, -0.1) is 0 Å². The van der Waals surface area contributed by atoms with Crippen molar-refractivity contribution in [1.82, 2.24) is 14.5 Å². The van der Waals surface area contributed by atoms with Crippen LogP contribution in [-0.4, -0.2) is 33.2 Å². The first-order valence-corrected chi connectivity index (χ1v) is 9.54. The molecule has 0 atom stereocenters. The smallest absolute Gasteiger partial charge is 0.333 e. The number of unbranched alkanes of at least 4 members (excludes halogenated alkanes) is 2. The number of hydrogen-bond donors (Lipinski definition) is 0. The topological polar surface area (TPSA) is 51.0 Å². The van der Waals surface area contributed by atoms with E-state index in [9.17, 15) is 18.0 Å². The summed E-state index contributed by atoms with van der Waals surface area (Å²) in [5.74, 6) is -1.87. The Morgan fingerprint density at radius 2 is 2.00 bits per heavy atom. The minimum absolute atomic E-state index is 0.0175. The first-order valence-electron chi connectivity index (χ1n) is 9.16. The molecule has 9 heteroatoms. The molecule has 29 heavy (non-hydrogen) atoms. The van der Waals surface area contributed by atoms with E-state index in [0.29, 0.717) is 17.9 Å². The largest absolute Gasteiger partial charge is 0.471 e. The predicted octanol–water partition coefficient (Wildman–Crippen LogP) is 4.93. The number of rotatable bonds is 7. The predicted molar refractivity (Wildman–Crippen MR) is 106 cm³/mol. The first kappa shape index (κ1) is 21.1. The molecule has 154 valence electrons. The molecule has 0 aliphatic heterocycles. The summed E-state index contributed by atoms with van der Waals surface area (Å²) in [6.45, 7) is -0.0175. The van der Waals surface area contributed by atoms with Crippen molar-refractivity contribution in [3.63, 3.8) is 0 Å². The lowest BCUT2D eigenvalue weighted by molar-refractivity contribution is -0.170. The maximum Gasteiger partial charge on any atom is 0.471 e. The summed E-state index contributed by atoms with van der Waals surface area (Å²) in [4.78, 5) is 20.7. The molecule has 3 rings (SSSR count). The van der Waals surface area contributed by atoms with E-state index in [0.717, 1.165) is 34.5 Å². The normalized spacial score (nSPS) is 11.8. The number of aromatic nitrogens is 3. The number of carbonyl (C=O) groups is 1. The van der Waals surface area contributed by atoms with Gasteiger partial charge in [-0.25, -0.2) is 4.98 Å². The van der Waals surface area contributed by atoms with Gasteiger partial charge in [-0.2, -0.15) is 13.2 Å². The maximum atomic E-state index is 12.9. The van der Waals surface area contributed by atoms with Gasteiger partial charge in [-0.1, -0.05) is 18.0 Å². The van der Waals surface area contributed by atoms with Crippen molar-refractivity contribution in [3.05, 3.63) is 53.6 Å². The average molecular weight is 425 g/mol. The van der Waals surface area contributed by atoms with Crippen LogP contribution in [0.15, 0.2) is 42.9 Å². The highest BCUT2D eigenvalue weighted by Crippen LogP contribution is 2.24. The molecule has 0 N–H and O–H groups in total. The zero-order chi connectivity index (χ0) is 21.0. The van der Waals surface area contributed by atoms with E-state index in [1.165, 1.54) is 24.5 Å². The molecule has 1 amide bonds. The van der Waals surface area contributed by atoms with Crippen molar-refractivity contribution in [1.29, 1.82) is 0 Å². The highest BCUT2D eigenvalue weighted by Gasteiger charge is 2.42. The Kier molecular flexibility index (Phi) is 6.42. The average Bonchev–Trinajstić information content (AvgIpc) is 2.99. The quantitative estimate of drug-likeness (QED) is 0.505. The molecular formula is C20H20ClF3N4O. The number of aryl methyl sites for hydroxylation is 2. The van der Waals surface area contributed by atoms with Gasteiger partial charge in [0.1, 0.15) is 5.65 Å². The number of carbonyl (C=O) groups excluding carboxylic acids is 1. The van der Waals surface area contributed by atoms with Gasteiger partial charge in [0, 0.05) is 37.1 Å². The van der Waals surface area contributed by atoms with Crippen molar-refractivity contribution in [2.45, 2.75) is 31.9 Å². The zero-order valence-corrected chi connectivity index (χ0v) is 16.5. The van der Waals surface area contributed by atoms with Crippen LogP contribution in [0.3, 0.4) is 0 Å². The van der Waals surface area contributed by atoms with Gasteiger partial charge in [-0.3, -0.25) is 9.78 Å². The van der Waals surface area contributed by atoms with Crippen molar-refractivity contribution < 1.29 is 18.0 Å². The molecule has 0 unspecified atom stereocenters. The molecule has 5 nitrogen and oxygen atoms in total. The molecule has 0 spiro atoms. The van der Waals surface area contributed by atoms with E-state index >= 15 is 0 Å². The van der Waals surface area contributed by atoms with E-state index in [4.69, 9.17) is 11.6 Å². The molecule has 0 radical (unpaired) electrons. The molecule has 0 saturated heterocycles. The minimum atomic E-state index is -4.92. The van der Waals surface area contributed by atoms with Gasteiger partial charge in [0.25, 0.3) is 0 Å². The van der Waals surface area contributed by atoms with Crippen LogP contribution in [-0.2, 0) is 18.3 Å². The molecule has 0 fully saturated rings. The number of nitrogens with zero attached hydrogens (tertiary/aromatic N) is 4. The Bertz CT molecular complexity index is 989. The van der Waals surface area contributed by atoms with E-state index in [2.05, 4.69) is 9.97 Å². The summed E-state index contributed by atoms with van der Waals surface area (Å²) in [5, 5.41) is 1.52. The van der Waals surface area contributed by atoms with Gasteiger partial charge >= 0.3 is 12.1 Å². The number of fused-ring (bicyclic) bond motifs is 1. The Morgan fingerprint density at radius 1 is 1.21 bits per heavy atom. The third-order valence-corrected chi connectivity index (χ3v) is 4.90. The summed E-state index contributed by atoms with van der Waals surface area (Å²) in [6.07, 6.45) is 2.04. The van der Waals surface area contributed by atoms with E-state index < -0.39 is 12.1 Å². The van der Waals surface area contributed by atoms with Gasteiger partial charge in [0.05, 0.1) is 16.9 Å². The van der Waals surface area contributed by atoms with Crippen LogP contribution >= 0.6 is 11.6 Å². The number of alkyl halides is 3. The summed E-state index contributed by atoms with van der Waals surface area (Å²) in [5.41, 5.74) is 2.06. The van der Waals surface area contributed by atoms with Crippen molar-refractivity contribution in [2.24, 2.45) is 7.05 Å². The van der Waals surface area contributed by atoms with Crippen LogP contribution in [0.25, 0.3) is 11.0 Å². The molecule has 3 heterocycles. The van der Waals surface area contributed by atoms with Crippen molar-refractivity contribution >= 4 is 34.2 Å². The summed E-state index contributed by atoms with van der Waals surface area (Å²) in [7, 11) is 1.92. The zero-order valence-electron chi connectivity index (χ0n) is 15.8. The molecule has 0 aromatic carbocycles. The second-order valence-electron chi connectivity index (χ2n) is 6.74. The Balaban J connectivity index is 1.58. The number of amides is 1. The lowest BCUT2D eigenvalue weighted by atomic mass is 10.1. The van der Waals surface area contributed by atoms with Crippen molar-refractivity contribution in [3.8, 4) is 0 Å². The molecule has 0 saturated carbocycles. The van der Waals surface area contributed by atoms with Crippen LogP contribution in [0, 0.1) is 0 Å². The number of pyridine rings is 2. The Hall–Kier alpha value is -2.61. The number of anilines is 1. The van der Waals surface area contributed by atoms with Gasteiger partial charge in [0.2, 0.25) is 0 Å². The fourth-order valence-electron chi connectivity index (χ4n) is 3.25. The fraction of sp³-hybridized carbons (Fsp3) is 0.350. The fourth-order valence-corrected chi connectivity index (χ4v) is 3.42. The van der Waals surface area contributed by atoms with Crippen LogP contribution < -0.4 is 4.90 Å². The molecule has 0 aliphatic rings. The molecule has 0 bridgehead atoms. The minimum Gasteiger partial charge on any atom is -0.333 e. The second kappa shape index (κ2) is 8.82.